The number of hydrogen-bond acceptors (Lipinski definition) is 6. The molecule has 4 aromatic rings. The summed E-state index contributed by atoms with van der Waals surface area (Å²) in [6.45, 7) is 0.869. The first kappa shape index (κ1) is 16.0. The molecule has 7 heteroatoms. The van der Waals surface area contributed by atoms with Crippen LogP contribution in [0.2, 0.25) is 0 Å². The number of nitrogens with zero attached hydrogens (tertiary/aromatic N) is 4. The lowest BCUT2D eigenvalue weighted by Gasteiger charge is -2.07. The first-order valence-electron chi connectivity index (χ1n) is 8.30. The molecule has 0 saturated heterocycles. The topological polar surface area (TPSA) is 90.4 Å². The number of aromatic nitrogens is 4. The minimum Gasteiger partial charge on any atom is -0.476 e. The van der Waals surface area contributed by atoms with Crippen molar-refractivity contribution in [3.63, 3.8) is 0 Å². The minimum absolute atomic E-state index is 0.426. The van der Waals surface area contributed by atoms with Crippen LogP contribution in [0.25, 0.3) is 16.9 Å². The molecule has 0 radical (unpaired) electrons. The van der Waals surface area contributed by atoms with E-state index < -0.39 is 0 Å². The molecule has 0 bridgehead atoms. The average Bonchev–Trinajstić information content (AvgIpc) is 3.09. The van der Waals surface area contributed by atoms with E-state index in [1.54, 1.807) is 10.7 Å². The summed E-state index contributed by atoms with van der Waals surface area (Å²) in [6, 6.07) is 19.5. The van der Waals surface area contributed by atoms with Crippen LogP contribution in [-0.4, -0.2) is 32.7 Å². The van der Waals surface area contributed by atoms with Crippen molar-refractivity contribution in [2.24, 2.45) is 5.73 Å². The Morgan fingerprint density at radius 1 is 1.04 bits per heavy atom. The Morgan fingerprint density at radius 2 is 1.92 bits per heavy atom. The van der Waals surface area contributed by atoms with Crippen LogP contribution in [0.4, 0.5) is 11.6 Å². The lowest BCUT2D eigenvalue weighted by atomic mass is 10.2. The number of para-hydroxylation sites is 1. The van der Waals surface area contributed by atoms with E-state index in [1.807, 2.05) is 60.7 Å². The highest BCUT2D eigenvalue weighted by molar-refractivity contribution is 5.65. The summed E-state index contributed by atoms with van der Waals surface area (Å²) in [5.41, 5.74) is 9.01. The van der Waals surface area contributed by atoms with E-state index in [0.29, 0.717) is 25.0 Å². The van der Waals surface area contributed by atoms with E-state index in [9.17, 15) is 0 Å². The summed E-state index contributed by atoms with van der Waals surface area (Å²) in [5, 5.41) is 7.81. The second-order valence-electron chi connectivity index (χ2n) is 5.63. The van der Waals surface area contributed by atoms with Crippen molar-refractivity contribution in [1.82, 2.24) is 19.6 Å². The van der Waals surface area contributed by atoms with E-state index in [-0.39, 0.29) is 0 Å². The highest BCUT2D eigenvalue weighted by Gasteiger charge is 2.10. The maximum atomic E-state index is 5.52. The number of benzene rings is 1. The number of pyridine rings is 2. The van der Waals surface area contributed by atoms with Crippen molar-refractivity contribution in [3.05, 3.63) is 66.9 Å². The van der Waals surface area contributed by atoms with Gasteiger partial charge in [0.15, 0.2) is 5.65 Å². The van der Waals surface area contributed by atoms with Crippen LogP contribution >= 0.6 is 0 Å². The molecule has 0 unspecified atom stereocenters. The Hall–Kier alpha value is -3.45. The maximum Gasteiger partial charge on any atom is 0.247 e. The zero-order valence-corrected chi connectivity index (χ0v) is 14.0. The highest BCUT2D eigenvalue weighted by Crippen LogP contribution is 2.24. The zero-order valence-electron chi connectivity index (χ0n) is 14.0. The Labute approximate surface area is 150 Å². The van der Waals surface area contributed by atoms with Gasteiger partial charge in [0, 0.05) is 30.1 Å². The van der Waals surface area contributed by atoms with E-state index in [0.717, 1.165) is 22.6 Å². The van der Waals surface area contributed by atoms with E-state index in [2.05, 4.69) is 20.4 Å². The molecule has 3 N–H and O–H groups in total. The number of nitrogens with two attached hydrogens (primary N) is 1. The molecule has 0 saturated carbocycles. The Morgan fingerprint density at radius 3 is 2.77 bits per heavy atom. The molecule has 0 amide bonds. The summed E-state index contributed by atoms with van der Waals surface area (Å²) in [4.78, 5) is 8.75. The van der Waals surface area contributed by atoms with Gasteiger partial charge in [-0.1, -0.05) is 24.3 Å². The summed E-state index contributed by atoms with van der Waals surface area (Å²) in [7, 11) is 0. The fraction of sp³-hybridized carbons (Fsp3) is 0.105. The Kier molecular flexibility index (Phi) is 4.44. The largest absolute Gasteiger partial charge is 0.476 e. The molecule has 1 aromatic carbocycles. The van der Waals surface area contributed by atoms with Crippen molar-refractivity contribution >= 4 is 17.3 Å². The predicted molar refractivity (Wildman–Crippen MR) is 100 cm³/mol. The summed E-state index contributed by atoms with van der Waals surface area (Å²) < 4.78 is 7.32. The quantitative estimate of drug-likeness (QED) is 0.558. The summed E-state index contributed by atoms with van der Waals surface area (Å²) in [5.74, 6) is 1.07. The number of ether oxygens (including phenoxy) is 1. The summed E-state index contributed by atoms with van der Waals surface area (Å²) in [6.07, 6.45) is 1.71. The van der Waals surface area contributed by atoms with E-state index >= 15 is 0 Å². The van der Waals surface area contributed by atoms with E-state index in [4.69, 9.17) is 10.5 Å². The van der Waals surface area contributed by atoms with Gasteiger partial charge in [-0.25, -0.2) is 9.50 Å². The van der Waals surface area contributed by atoms with Gasteiger partial charge in [0.1, 0.15) is 6.61 Å². The van der Waals surface area contributed by atoms with Gasteiger partial charge in [0.25, 0.3) is 0 Å². The molecule has 3 aromatic heterocycles. The molecule has 3 heterocycles. The van der Waals surface area contributed by atoms with Crippen LogP contribution in [0.15, 0.2) is 66.9 Å². The van der Waals surface area contributed by atoms with Crippen LogP contribution in [0.3, 0.4) is 0 Å². The maximum absolute atomic E-state index is 5.52. The van der Waals surface area contributed by atoms with Crippen LogP contribution < -0.4 is 15.8 Å². The molecular formula is C19H18N6O. The fourth-order valence-electron chi connectivity index (χ4n) is 2.64. The third-order valence-corrected chi connectivity index (χ3v) is 3.79. The molecule has 130 valence electrons. The van der Waals surface area contributed by atoms with Gasteiger partial charge >= 0.3 is 0 Å². The minimum atomic E-state index is 0.426. The first-order chi connectivity index (χ1) is 12.8. The van der Waals surface area contributed by atoms with Gasteiger partial charge < -0.3 is 15.8 Å². The molecule has 4 rings (SSSR count). The predicted octanol–water partition coefficient (Wildman–Crippen LogP) is 2.87. The standard InChI is InChI=1S/C19H18N6O/c20-10-12-26-18-13-14(9-11-21-18)16-7-4-8-17-23-19(24-25(16)17)22-15-5-2-1-3-6-15/h1-9,11,13H,10,12,20H2,(H,22,24). The molecule has 0 aliphatic rings. The normalized spacial score (nSPS) is 10.8. The number of rotatable bonds is 6. The molecule has 0 atom stereocenters. The Bertz CT molecular complexity index is 1010. The van der Waals surface area contributed by atoms with Crippen molar-refractivity contribution in [1.29, 1.82) is 0 Å². The van der Waals surface area contributed by atoms with Crippen molar-refractivity contribution < 1.29 is 4.74 Å². The first-order valence-corrected chi connectivity index (χ1v) is 8.30. The SMILES string of the molecule is NCCOc1cc(-c2cccc3nc(Nc4ccccc4)nn23)ccn1. The zero-order chi connectivity index (χ0) is 17.8. The van der Waals surface area contributed by atoms with Gasteiger partial charge in [-0.15, -0.1) is 5.10 Å². The molecule has 0 fully saturated rings. The van der Waals surface area contributed by atoms with Crippen LogP contribution in [0.1, 0.15) is 0 Å². The molecule has 0 spiro atoms. The lowest BCUT2D eigenvalue weighted by Crippen LogP contribution is -2.11. The van der Waals surface area contributed by atoms with Gasteiger partial charge in [-0.2, -0.15) is 4.98 Å². The third-order valence-electron chi connectivity index (χ3n) is 3.79. The molecular weight excluding hydrogens is 328 g/mol. The summed E-state index contributed by atoms with van der Waals surface area (Å²) >= 11 is 0. The van der Waals surface area contributed by atoms with Crippen LogP contribution in [0, 0.1) is 0 Å². The van der Waals surface area contributed by atoms with E-state index in [1.165, 1.54) is 0 Å². The van der Waals surface area contributed by atoms with Gasteiger partial charge in [0.2, 0.25) is 11.8 Å². The molecule has 26 heavy (non-hydrogen) atoms. The van der Waals surface area contributed by atoms with Gasteiger partial charge in [-0.3, -0.25) is 0 Å². The smallest absolute Gasteiger partial charge is 0.247 e. The average molecular weight is 346 g/mol. The number of anilines is 2. The molecule has 0 aliphatic heterocycles. The van der Waals surface area contributed by atoms with Crippen molar-refractivity contribution in [2.75, 3.05) is 18.5 Å². The highest BCUT2D eigenvalue weighted by atomic mass is 16.5. The second-order valence-corrected chi connectivity index (χ2v) is 5.63. The van der Waals surface area contributed by atoms with Crippen LogP contribution in [-0.2, 0) is 0 Å². The monoisotopic (exact) mass is 346 g/mol. The Balaban J connectivity index is 1.70. The number of fused-ring (bicyclic) bond motifs is 1. The van der Waals surface area contributed by atoms with Gasteiger partial charge in [0.05, 0.1) is 5.69 Å². The molecule has 7 nitrogen and oxygen atoms in total. The number of nitrogens with one attached hydrogen (secondary N) is 1. The second kappa shape index (κ2) is 7.20. The lowest BCUT2D eigenvalue weighted by molar-refractivity contribution is 0.316. The third kappa shape index (κ3) is 3.33. The van der Waals surface area contributed by atoms with Crippen molar-refractivity contribution in [2.45, 2.75) is 0 Å². The van der Waals surface area contributed by atoms with Crippen LogP contribution in [0.5, 0.6) is 5.88 Å². The molecule has 0 aliphatic carbocycles. The van der Waals surface area contributed by atoms with Gasteiger partial charge in [-0.05, 0) is 30.3 Å². The fourth-order valence-corrected chi connectivity index (χ4v) is 2.64. The van der Waals surface area contributed by atoms with Crippen molar-refractivity contribution in [3.8, 4) is 17.1 Å². The number of hydrogen-bond donors (Lipinski definition) is 2.